The van der Waals surface area contributed by atoms with Crippen molar-refractivity contribution in [3.8, 4) is 6.07 Å². The molecule has 0 radical (unpaired) electrons. The van der Waals surface area contributed by atoms with E-state index in [1.807, 2.05) is 6.07 Å². The smallest absolute Gasteiger partial charge is 0.250 e. The molecule has 1 aromatic heterocycles. The van der Waals surface area contributed by atoms with Gasteiger partial charge in [0.05, 0.1) is 18.2 Å². The summed E-state index contributed by atoms with van der Waals surface area (Å²) in [6, 6.07) is 4.86. The van der Waals surface area contributed by atoms with E-state index in [0.717, 1.165) is 0 Å². The van der Waals surface area contributed by atoms with E-state index < -0.39 is 6.43 Å². The maximum atomic E-state index is 12.3. The van der Waals surface area contributed by atoms with Crippen molar-refractivity contribution in [3.63, 3.8) is 0 Å². The van der Waals surface area contributed by atoms with Gasteiger partial charge in [0.2, 0.25) is 0 Å². The average Bonchev–Trinajstić information content (AvgIpc) is 2.08. The molecule has 0 aliphatic heterocycles. The Morgan fingerprint density at radius 2 is 2.23 bits per heavy atom. The summed E-state index contributed by atoms with van der Waals surface area (Å²) in [5.74, 6) is 0. The van der Waals surface area contributed by atoms with Crippen LogP contribution in [0, 0.1) is 11.3 Å². The number of rotatable bonds is 2. The second-order valence-corrected chi connectivity index (χ2v) is 3.16. The van der Waals surface area contributed by atoms with Crippen molar-refractivity contribution in [2.75, 3.05) is 0 Å². The monoisotopic (exact) mass is 246 g/mol. The summed E-state index contributed by atoms with van der Waals surface area (Å²) in [5.41, 5.74) is 0.0498. The van der Waals surface area contributed by atoms with Crippen LogP contribution in [0.4, 0.5) is 8.78 Å². The molecule has 0 unspecified atom stereocenters. The fraction of sp³-hybridized carbons (Fsp3) is 0.250. The van der Waals surface area contributed by atoms with Gasteiger partial charge in [0.25, 0.3) is 6.43 Å². The highest BCUT2D eigenvalue weighted by atomic mass is 79.9. The number of nitrogens with zero attached hydrogens (tertiary/aromatic N) is 2. The Labute approximate surface area is 82.3 Å². The van der Waals surface area contributed by atoms with Crippen molar-refractivity contribution < 1.29 is 8.78 Å². The summed E-state index contributed by atoms with van der Waals surface area (Å²) in [4.78, 5) is 3.64. The molecular formula is C8H5BrF2N2. The number of pyridine rings is 1. The Bertz CT molecular complexity index is 346. The predicted octanol–water partition coefficient (Wildman–Crippen LogP) is 2.85. The van der Waals surface area contributed by atoms with Crippen molar-refractivity contribution in [1.82, 2.24) is 4.98 Å². The maximum absolute atomic E-state index is 12.3. The van der Waals surface area contributed by atoms with Crippen LogP contribution in [0.3, 0.4) is 0 Å². The standard InChI is InChI=1S/C8H5BrF2N2/c9-6-2-1-5(3-4-12)13-7(6)8(10)11/h1-2,8H,3H2. The molecule has 2 nitrogen and oxygen atoms in total. The highest BCUT2D eigenvalue weighted by Gasteiger charge is 2.13. The fourth-order valence-electron chi connectivity index (χ4n) is 0.833. The molecule has 0 N–H and O–H groups in total. The van der Waals surface area contributed by atoms with Crippen molar-refractivity contribution in [2.24, 2.45) is 0 Å². The number of halogens is 3. The van der Waals surface area contributed by atoms with Crippen LogP contribution in [0.2, 0.25) is 0 Å². The van der Waals surface area contributed by atoms with Gasteiger partial charge in [-0.1, -0.05) is 0 Å². The minimum atomic E-state index is -2.62. The highest BCUT2D eigenvalue weighted by Crippen LogP contribution is 2.25. The van der Waals surface area contributed by atoms with E-state index in [1.165, 1.54) is 6.07 Å². The minimum Gasteiger partial charge on any atom is -0.250 e. The molecule has 5 heteroatoms. The molecule has 0 atom stereocenters. The van der Waals surface area contributed by atoms with E-state index in [4.69, 9.17) is 5.26 Å². The summed E-state index contributed by atoms with van der Waals surface area (Å²) in [6.45, 7) is 0. The zero-order chi connectivity index (χ0) is 9.84. The second-order valence-electron chi connectivity index (χ2n) is 2.31. The molecule has 0 aliphatic rings. The first-order chi connectivity index (χ1) is 6.15. The number of hydrogen-bond acceptors (Lipinski definition) is 2. The third-order valence-electron chi connectivity index (χ3n) is 1.40. The van der Waals surface area contributed by atoms with Crippen LogP contribution in [-0.4, -0.2) is 4.98 Å². The van der Waals surface area contributed by atoms with Gasteiger partial charge in [-0.2, -0.15) is 5.26 Å². The van der Waals surface area contributed by atoms with Crippen LogP contribution in [0.1, 0.15) is 17.8 Å². The van der Waals surface area contributed by atoms with Gasteiger partial charge < -0.3 is 0 Å². The lowest BCUT2D eigenvalue weighted by molar-refractivity contribution is 0.145. The van der Waals surface area contributed by atoms with Crippen LogP contribution in [0.25, 0.3) is 0 Å². The van der Waals surface area contributed by atoms with Gasteiger partial charge in [-0.25, -0.2) is 13.8 Å². The quantitative estimate of drug-likeness (QED) is 0.805. The molecule has 0 aliphatic carbocycles. The Balaban J connectivity index is 3.05. The van der Waals surface area contributed by atoms with Gasteiger partial charge in [0.1, 0.15) is 5.69 Å². The first-order valence-corrected chi connectivity index (χ1v) is 4.25. The van der Waals surface area contributed by atoms with Crippen LogP contribution in [0.5, 0.6) is 0 Å². The van der Waals surface area contributed by atoms with Crippen LogP contribution in [-0.2, 0) is 6.42 Å². The van der Waals surface area contributed by atoms with Gasteiger partial charge >= 0.3 is 0 Å². The average molecular weight is 247 g/mol. The second kappa shape index (κ2) is 4.28. The molecule has 0 saturated heterocycles. The summed E-state index contributed by atoms with van der Waals surface area (Å²) in [7, 11) is 0. The molecule has 1 rings (SSSR count). The topological polar surface area (TPSA) is 36.7 Å². The zero-order valence-corrected chi connectivity index (χ0v) is 8.05. The van der Waals surface area contributed by atoms with Gasteiger partial charge in [0, 0.05) is 4.47 Å². The van der Waals surface area contributed by atoms with E-state index in [-0.39, 0.29) is 16.6 Å². The lowest BCUT2D eigenvalue weighted by Gasteiger charge is -2.03. The minimum absolute atomic E-state index is 0.0486. The van der Waals surface area contributed by atoms with Gasteiger partial charge in [-0.15, -0.1) is 0 Å². The van der Waals surface area contributed by atoms with E-state index >= 15 is 0 Å². The lowest BCUT2D eigenvalue weighted by Crippen LogP contribution is -1.96. The third kappa shape index (κ3) is 2.46. The largest absolute Gasteiger partial charge is 0.281 e. The van der Waals surface area contributed by atoms with Gasteiger partial charge in [-0.3, -0.25) is 0 Å². The van der Waals surface area contributed by atoms with E-state index in [1.54, 1.807) is 6.07 Å². The van der Waals surface area contributed by atoms with E-state index in [2.05, 4.69) is 20.9 Å². The summed E-state index contributed by atoms with van der Waals surface area (Å²) < 4.78 is 24.8. The normalized spacial score (nSPS) is 10.1. The first kappa shape index (κ1) is 10.1. The van der Waals surface area contributed by atoms with E-state index in [9.17, 15) is 8.78 Å². The number of aromatic nitrogens is 1. The number of nitriles is 1. The van der Waals surface area contributed by atoms with Crippen molar-refractivity contribution >= 4 is 15.9 Å². The van der Waals surface area contributed by atoms with Crippen LogP contribution in [0.15, 0.2) is 16.6 Å². The molecule has 0 saturated carbocycles. The maximum Gasteiger partial charge on any atom is 0.281 e. The molecule has 0 bridgehead atoms. The molecule has 13 heavy (non-hydrogen) atoms. The summed E-state index contributed by atoms with van der Waals surface area (Å²) in [6.07, 6.45) is -2.57. The molecule has 0 aromatic carbocycles. The molecule has 1 heterocycles. The highest BCUT2D eigenvalue weighted by molar-refractivity contribution is 9.10. The van der Waals surface area contributed by atoms with Crippen molar-refractivity contribution in [2.45, 2.75) is 12.8 Å². The number of hydrogen-bond donors (Lipinski definition) is 0. The molecule has 1 aromatic rings. The molecule has 68 valence electrons. The summed E-state index contributed by atoms with van der Waals surface area (Å²) >= 11 is 2.96. The van der Waals surface area contributed by atoms with Crippen molar-refractivity contribution in [1.29, 1.82) is 5.26 Å². The Morgan fingerprint density at radius 3 is 2.77 bits per heavy atom. The van der Waals surface area contributed by atoms with Crippen molar-refractivity contribution in [3.05, 3.63) is 28.0 Å². The van der Waals surface area contributed by atoms with Gasteiger partial charge in [-0.05, 0) is 28.1 Å². The Kier molecular flexibility index (Phi) is 3.32. The molecular weight excluding hydrogens is 242 g/mol. The molecule has 0 amide bonds. The predicted molar refractivity (Wildman–Crippen MR) is 46.2 cm³/mol. The Hall–Kier alpha value is -1.02. The Morgan fingerprint density at radius 1 is 1.54 bits per heavy atom. The number of alkyl halides is 2. The fourth-order valence-corrected chi connectivity index (χ4v) is 1.23. The molecule has 0 spiro atoms. The SMILES string of the molecule is N#CCc1ccc(Br)c(C(F)F)n1. The zero-order valence-electron chi connectivity index (χ0n) is 6.47. The summed E-state index contributed by atoms with van der Waals surface area (Å²) in [5, 5.41) is 8.33. The van der Waals surface area contributed by atoms with Crippen LogP contribution >= 0.6 is 15.9 Å². The molecule has 0 fully saturated rings. The van der Waals surface area contributed by atoms with Crippen LogP contribution < -0.4 is 0 Å². The lowest BCUT2D eigenvalue weighted by atomic mass is 10.2. The van der Waals surface area contributed by atoms with Gasteiger partial charge in [0.15, 0.2) is 0 Å². The third-order valence-corrected chi connectivity index (χ3v) is 2.07. The van der Waals surface area contributed by atoms with E-state index in [0.29, 0.717) is 5.69 Å². The first-order valence-electron chi connectivity index (χ1n) is 3.45.